The van der Waals surface area contributed by atoms with Gasteiger partial charge in [-0.2, -0.15) is 11.8 Å². The van der Waals surface area contributed by atoms with Crippen LogP contribution >= 0.6 is 11.8 Å². The van der Waals surface area contributed by atoms with Crippen LogP contribution < -0.4 is 5.32 Å². The number of thioether (sulfide) groups is 1. The Hall–Kier alpha value is -0.470. The average Bonchev–Trinajstić information content (AvgIpc) is 2.38. The van der Waals surface area contributed by atoms with Crippen LogP contribution in [0.2, 0.25) is 0 Å². The zero-order valence-electron chi connectivity index (χ0n) is 12.0. The second-order valence-electron chi connectivity index (χ2n) is 5.35. The topological polar surface area (TPSA) is 12.0 Å². The quantitative estimate of drug-likeness (QED) is 0.674. The molecule has 1 aromatic rings. The second kappa shape index (κ2) is 8.60. The van der Waals surface area contributed by atoms with E-state index >= 15 is 0 Å². The Morgan fingerprint density at radius 2 is 1.89 bits per heavy atom. The fraction of sp³-hybridized carbons (Fsp3) is 0.625. The summed E-state index contributed by atoms with van der Waals surface area (Å²) >= 11 is 2.03. The van der Waals surface area contributed by atoms with Gasteiger partial charge in [0, 0.05) is 5.54 Å². The molecule has 0 bridgehead atoms. The molecule has 102 valence electrons. The maximum atomic E-state index is 3.67. The second-order valence-corrected chi connectivity index (χ2v) is 6.74. The first-order valence-corrected chi connectivity index (χ1v) is 8.16. The third kappa shape index (κ3) is 7.07. The Balaban J connectivity index is 2.19. The van der Waals surface area contributed by atoms with Gasteiger partial charge in [-0.1, -0.05) is 37.3 Å². The lowest BCUT2D eigenvalue weighted by Crippen LogP contribution is -2.40. The summed E-state index contributed by atoms with van der Waals surface area (Å²) in [6.45, 7) is 7.97. The fourth-order valence-electron chi connectivity index (χ4n) is 1.94. The monoisotopic (exact) mass is 265 g/mol. The highest BCUT2D eigenvalue weighted by molar-refractivity contribution is 7.99. The maximum Gasteiger partial charge on any atom is 0.0128 e. The van der Waals surface area contributed by atoms with E-state index in [0.717, 1.165) is 13.0 Å². The lowest BCUT2D eigenvalue weighted by Gasteiger charge is -2.26. The van der Waals surface area contributed by atoms with E-state index in [1.807, 2.05) is 11.8 Å². The van der Waals surface area contributed by atoms with Crippen molar-refractivity contribution in [2.24, 2.45) is 0 Å². The molecule has 0 radical (unpaired) electrons. The normalized spacial score (nSPS) is 11.7. The van der Waals surface area contributed by atoms with Crippen molar-refractivity contribution in [1.82, 2.24) is 5.32 Å². The van der Waals surface area contributed by atoms with Crippen LogP contribution in [0.15, 0.2) is 30.3 Å². The van der Waals surface area contributed by atoms with E-state index in [0.29, 0.717) is 0 Å². The Labute approximate surface area is 117 Å². The van der Waals surface area contributed by atoms with Gasteiger partial charge in [0.05, 0.1) is 0 Å². The van der Waals surface area contributed by atoms with Crippen LogP contribution in [0.5, 0.6) is 0 Å². The van der Waals surface area contributed by atoms with E-state index in [2.05, 4.69) is 56.4 Å². The van der Waals surface area contributed by atoms with Gasteiger partial charge < -0.3 is 5.32 Å². The summed E-state index contributed by atoms with van der Waals surface area (Å²) in [5.41, 5.74) is 1.68. The first kappa shape index (κ1) is 15.6. The SMILES string of the molecule is CCSCCCNC(C)(C)CCc1ccccc1. The summed E-state index contributed by atoms with van der Waals surface area (Å²) in [6, 6.07) is 10.8. The molecule has 0 heterocycles. The smallest absolute Gasteiger partial charge is 0.0128 e. The van der Waals surface area contributed by atoms with E-state index in [1.54, 1.807) is 0 Å². The molecule has 0 spiro atoms. The summed E-state index contributed by atoms with van der Waals surface area (Å²) in [4.78, 5) is 0. The average molecular weight is 265 g/mol. The van der Waals surface area contributed by atoms with E-state index in [9.17, 15) is 0 Å². The number of benzene rings is 1. The predicted octanol–water partition coefficient (Wildman–Crippen LogP) is 4.13. The van der Waals surface area contributed by atoms with Crippen LogP contribution in [0.1, 0.15) is 39.2 Å². The Morgan fingerprint density at radius 3 is 2.56 bits per heavy atom. The summed E-state index contributed by atoms with van der Waals surface area (Å²) in [7, 11) is 0. The molecule has 1 nitrogen and oxygen atoms in total. The van der Waals surface area contributed by atoms with Gasteiger partial charge in [0.15, 0.2) is 0 Å². The molecule has 0 aliphatic carbocycles. The van der Waals surface area contributed by atoms with Crippen molar-refractivity contribution in [3.63, 3.8) is 0 Å². The molecule has 1 rings (SSSR count). The fourth-order valence-corrected chi connectivity index (χ4v) is 2.57. The molecule has 0 unspecified atom stereocenters. The van der Waals surface area contributed by atoms with E-state index < -0.39 is 0 Å². The lowest BCUT2D eigenvalue weighted by molar-refractivity contribution is 0.364. The molecule has 0 atom stereocenters. The van der Waals surface area contributed by atoms with Gasteiger partial charge in [-0.3, -0.25) is 0 Å². The number of hydrogen-bond donors (Lipinski definition) is 1. The van der Waals surface area contributed by atoms with Crippen molar-refractivity contribution in [2.75, 3.05) is 18.1 Å². The minimum atomic E-state index is 0.243. The van der Waals surface area contributed by atoms with Crippen LogP contribution in [0.4, 0.5) is 0 Å². The van der Waals surface area contributed by atoms with Crippen LogP contribution in [-0.2, 0) is 6.42 Å². The maximum absolute atomic E-state index is 3.67. The minimum absolute atomic E-state index is 0.243. The molecule has 0 aliphatic rings. The van der Waals surface area contributed by atoms with Gasteiger partial charge in [-0.25, -0.2) is 0 Å². The minimum Gasteiger partial charge on any atom is -0.312 e. The largest absolute Gasteiger partial charge is 0.312 e. The molecule has 0 saturated heterocycles. The van der Waals surface area contributed by atoms with Gasteiger partial charge in [-0.05, 0) is 56.7 Å². The summed E-state index contributed by atoms with van der Waals surface area (Å²) < 4.78 is 0. The standard InChI is InChI=1S/C16H27NS/c1-4-18-14-8-13-17-16(2,3)12-11-15-9-6-5-7-10-15/h5-7,9-10,17H,4,8,11-14H2,1-3H3. The molecule has 0 amide bonds. The van der Waals surface area contributed by atoms with E-state index in [1.165, 1.54) is 29.9 Å². The molecule has 0 aromatic heterocycles. The molecule has 1 N–H and O–H groups in total. The van der Waals surface area contributed by atoms with E-state index in [4.69, 9.17) is 0 Å². The van der Waals surface area contributed by atoms with Gasteiger partial charge >= 0.3 is 0 Å². The number of hydrogen-bond acceptors (Lipinski definition) is 2. The number of rotatable bonds is 9. The summed E-state index contributed by atoms with van der Waals surface area (Å²) in [6.07, 6.45) is 3.62. The zero-order chi connectivity index (χ0) is 13.3. The molecule has 1 aromatic carbocycles. The van der Waals surface area contributed by atoms with Gasteiger partial charge in [0.2, 0.25) is 0 Å². The van der Waals surface area contributed by atoms with Crippen LogP contribution in [0.25, 0.3) is 0 Å². The lowest BCUT2D eigenvalue weighted by atomic mass is 9.95. The van der Waals surface area contributed by atoms with Crippen LogP contribution in [0.3, 0.4) is 0 Å². The molecule has 0 saturated carbocycles. The van der Waals surface area contributed by atoms with Crippen molar-refractivity contribution < 1.29 is 0 Å². The molecular weight excluding hydrogens is 238 g/mol. The van der Waals surface area contributed by atoms with Crippen molar-refractivity contribution >= 4 is 11.8 Å². The number of aryl methyl sites for hydroxylation is 1. The Morgan fingerprint density at radius 1 is 1.17 bits per heavy atom. The molecule has 2 heteroatoms. The molecule has 0 fully saturated rings. The van der Waals surface area contributed by atoms with Gasteiger partial charge in [-0.15, -0.1) is 0 Å². The zero-order valence-corrected chi connectivity index (χ0v) is 12.9. The Kier molecular flexibility index (Phi) is 7.45. The van der Waals surface area contributed by atoms with Crippen molar-refractivity contribution in [3.05, 3.63) is 35.9 Å². The highest BCUT2D eigenvalue weighted by Crippen LogP contribution is 2.13. The highest BCUT2D eigenvalue weighted by atomic mass is 32.2. The first-order chi connectivity index (χ1) is 8.64. The van der Waals surface area contributed by atoms with Crippen LogP contribution in [0, 0.1) is 0 Å². The van der Waals surface area contributed by atoms with Gasteiger partial charge in [0.1, 0.15) is 0 Å². The van der Waals surface area contributed by atoms with Crippen molar-refractivity contribution in [3.8, 4) is 0 Å². The van der Waals surface area contributed by atoms with Crippen molar-refractivity contribution in [1.29, 1.82) is 0 Å². The predicted molar refractivity (Wildman–Crippen MR) is 84.5 cm³/mol. The molecule has 18 heavy (non-hydrogen) atoms. The number of nitrogens with one attached hydrogen (secondary N) is 1. The Bertz CT molecular complexity index is 308. The summed E-state index contributed by atoms with van der Waals surface area (Å²) in [5.74, 6) is 2.51. The summed E-state index contributed by atoms with van der Waals surface area (Å²) in [5, 5.41) is 3.67. The third-order valence-electron chi connectivity index (χ3n) is 3.15. The third-order valence-corrected chi connectivity index (χ3v) is 4.14. The first-order valence-electron chi connectivity index (χ1n) is 7.01. The molecule has 0 aliphatic heterocycles. The van der Waals surface area contributed by atoms with Gasteiger partial charge in [0.25, 0.3) is 0 Å². The van der Waals surface area contributed by atoms with Crippen molar-refractivity contribution in [2.45, 2.75) is 45.6 Å². The van der Waals surface area contributed by atoms with E-state index in [-0.39, 0.29) is 5.54 Å². The highest BCUT2D eigenvalue weighted by Gasteiger charge is 2.15. The van der Waals surface area contributed by atoms with Crippen LogP contribution in [-0.4, -0.2) is 23.6 Å². The molecular formula is C16H27NS.